The zero-order valence-electron chi connectivity index (χ0n) is 23.8. The van der Waals surface area contributed by atoms with Crippen molar-refractivity contribution >= 4 is 11.8 Å². The molecule has 1 aliphatic rings. The Bertz CT molecular complexity index is 962. The van der Waals surface area contributed by atoms with E-state index in [4.69, 9.17) is 5.73 Å². The summed E-state index contributed by atoms with van der Waals surface area (Å²) in [6.07, 6.45) is 6.38. The SMILES string of the molecule is CCCN(CCC)C(=O)C1=CC(C)=CC(C(N)=O)([C@H](Cc2cccc(C)c2)[C@@H](O)CNCCC(C)C)C1. The molecule has 0 aliphatic heterocycles. The quantitative estimate of drug-likeness (QED) is 0.301. The first-order valence-electron chi connectivity index (χ1n) is 14.0. The maximum atomic E-state index is 13.6. The molecule has 206 valence electrons. The molecule has 3 atom stereocenters. The lowest BCUT2D eigenvalue weighted by Crippen LogP contribution is -2.52. The number of amides is 2. The van der Waals surface area contributed by atoms with Crippen LogP contribution in [0.5, 0.6) is 0 Å². The van der Waals surface area contributed by atoms with Gasteiger partial charge in [0, 0.05) is 31.1 Å². The van der Waals surface area contributed by atoms with Crippen molar-refractivity contribution in [2.24, 2.45) is 23.0 Å². The minimum absolute atomic E-state index is 0.0411. The number of primary amides is 1. The monoisotopic (exact) mass is 511 g/mol. The lowest BCUT2D eigenvalue weighted by atomic mass is 9.63. The second-order valence-electron chi connectivity index (χ2n) is 11.2. The molecule has 0 saturated heterocycles. The number of aliphatic hydroxyl groups is 1. The van der Waals surface area contributed by atoms with E-state index in [1.54, 1.807) is 0 Å². The Morgan fingerprint density at radius 3 is 2.41 bits per heavy atom. The fourth-order valence-corrected chi connectivity index (χ4v) is 5.45. The van der Waals surface area contributed by atoms with Crippen molar-refractivity contribution in [2.45, 2.75) is 79.8 Å². The molecule has 1 unspecified atom stereocenters. The zero-order chi connectivity index (χ0) is 27.6. The Morgan fingerprint density at radius 1 is 1.16 bits per heavy atom. The molecule has 0 radical (unpaired) electrons. The van der Waals surface area contributed by atoms with E-state index in [1.165, 1.54) is 0 Å². The predicted octanol–water partition coefficient (Wildman–Crippen LogP) is 4.55. The van der Waals surface area contributed by atoms with Crippen LogP contribution in [0, 0.1) is 24.2 Å². The second-order valence-corrected chi connectivity index (χ2v) is 11.2. The van der Waals surface area contributed by atoms with Gasteiger partial charge in [-0.3, -0.25) is 9.59 Å². The number of rotatable bonds is 15. The van der Waals surface area contributed by atoms with Crippen LogP contribution in [-0.2, 0) is 16.0 Å². The molecule has 0 bridgehead atoms. The van der Waals surface area contributed by atoms with Gasteiger partial charge in [0.25, 0.3) is 0 Å². The molecule has 0 spiro atoms. The van der Waals surface area contributed by atoms with Gasteiger partial charge in [-0.25, -0.2) is 0 Å². The Hall–Kier alpha value is -2.44. The van der Waals surface area contributed by atoms with E-state index >= 15 is 0 Å². The molecule has 6 heteroatoms. The van der Waals surface area contributed by atoms with Crippen molar-refractivity contribution in [3.05, 3.63) is 58.7 Å². The van der Waals surface area contributed by atoms with Crippen LogP contribution in [0.3, 0.4) is 0 Å². The molecular weight excluding hydrogens is 462 g/mol. The lowest BCUT2D eigenvalue weighted by molar-refractivity contribution is -0.132. The Balaban J connectivity index is 2.47. The number of carbonyl (C=O) groups is 2. The van der Waals surface area contributed by atoms with Crippen LogP contribution in [-0.4, -0.2) is 54.1 Å². The minimum atomic E-state index is -1.17. The highest BCUT2D eigenvalue weighted by molar-refractivity contribution is 5.96. The first-order valence-corrected chi connectivity index (χ1v) is 14.0. The number of nitrogens with zero attached hydrogens (tertiary/aromatic N) is 1. The third-order valence-corrected chi connectivity index (χ3v) is 7.29. The van der Waals surface area contributed by atoms with Crippen LogP contribution < -0.4 is 11.1 Å². The minimum Gasteiger partial charge on any atom is -0.391 e. The van der Waals surface area contributed by atoms with E-state index in [-0.39, 0.29) is 12.3 Å². The van der Waals surface area contributed by atoms with Crippen LogP contribution in [0.25, 0.3) is 0 Å². The molecule has 0 saturated carbocycles. The van der Waals surface area contributed by atoms with E-state index in [0.717, 1.165) is 42.5 Å². The molecule has 1 aromatic carbocycles. The summed E-state index contributed by atoms with van der Waals surface area (Å²) >= 11 is 0. The third kappa shape index (κ3) is 8.54. The van der Waals surface area contributed by atoms with Crippen molar-refractivity contribution in [2.75, 3.05) is 26.2 Å². The van der Waals surface area contributed by atoms with Gasteiger partial charge in [0.1, 0.15) is 0 Å². The zero-order valence-corrected chi connectivity index (χ0v) is 23.8. The summed E-state index contributed by atoms with van der Waals surface area (Å²) < 4.78 is 0. The largest absolute Gasteiger partial charge is 0.391 e. The standard InChI is InChI=1S/C31H49N3O3/c1-7-14-34(15-8-2)29(36)26-17-24(6)19-31(20-26,30(32)37)27(18-25-11-9-10-23(5)16-25)28(35)21-33-13-12-22(3)4/h9-11,16-17,19,22,27-28,33,35H,7-8,12-15,18,20-21H2,1-6H3,(H2,32,37)/t27-,28+,31?/m1/s1. The van der Waals surface area contributed by atoms with E-state index in [1.807, 2.05) is 49.1 Å². The van der Waals surface area contributed by atoms with Gasteiger partial charge in [0.2, 0.25) is 11.8 Å². The van der Waals surface area contributed by atoms with Crippen molar-refractivity contribution in [1.29, 1.82) is 0 Å². The summed E-state index contributed by atoms with van der Waals surface area (Å²) in [5.74, 6) is -0.473. The van der Waals surface area contributed by atoms with E-state index in [2.05, 4.69) is 39.1 Å². The maximum absolute atomic E-state index is 13.6. The van der Waals surface area contributed by atoms with Crippen molar-refractivity contribution in [1.82, 2.24) is 10.2 Å². The molecule has 1 aromatic rings. The third-order valence-electron chi connectivity index (χ3n) is 7.29. The molecule has 37 heavy (non-hydrogen) atoms. The summed E-state index contributed by atoms with van der Waals surface area (Å²) in [4.78, 5) is 28.8. The topological polar surface area (TPSA) is 95.7 Å². The molecule has 1 aliphatic carbocycles. The first kappa shape index (κ1) is 30.8. The van der Waals surface area contributed by atoms with E-state index in [9.17, 15) is 14.7 Å². The van der Waals surface area contributed by atoms with Crippen LogP contribution >= 0.6 is 0 Å². The summed E-state index contributed by atoms with van der Waals surface area (Å²) in [6.45, 7) is 14.9. The number of benzene rings is 1. The highest BCUT2D eigenvalue weighted by Gasteiger charge is 2.48. The molecule has 2 amide bonds. The van der Waals surface area contributed by atoms with Crippen LogP contribution in [0.4, 0.5) is 0 Å². The number of hydrogen-bond acceptors (Lipinski definition) is 4. The second kappa shape index (κ2) is 14.5. The van der Waals surface area contributed by atoms with Gasteiger partial charge >= 0.3 is 0 Å². The average Bonchev–Trinajstić information content (AvgIpc) is 2.83. The van der Waals surface area contributed by atoms with Gasteiger partial charge in [0.05, 0.1) is 11.5 Å². The van der Waals surface area contributed by atoms with Gasteiger partial charge in [-0.2, -0.15) is 0 Å². The fourth-order valence-electron chi connectivity index (χ4n) is 5.45. The fraction of sp³-hybridized carbons (Fsp3) is 0.613. The van der Waals surface area contributed by atoms with Crippen molar-refractivity contribution in [3.8, 4) is 0 Å². The number of carbonyl (C=O) groups excluding carboxylic acids is 2. The van der Waals surface area contributed by atoms with Gasteiger partial charge in [-0.15, -0.1) is 0 Å². The summed E-state index contributed by atoms with van der Waals surface area (Å²) in [7, 11) is 0. The molecule has 6 nitrogen and oxygen atoms in total. The molecule has 2 rings (SSSR count). The summed E-state index contributed by atoms with van der Waals surface area (Å²) in [5, 5.41) is 14.9. The maximum Gasteiger partial charge on any atom is 0.249 e. The van der Waals surface area contributed by atoms with Gasteiger partial charge < -0.3 is 21.1 Å². The Kier molecular flexibility index (Phi) is 12.1. The Labute approximate surface area is 224 Å². The number of allylic oxidation sites excluding steroid dienone is 2. The van der Waals surface area contributed by atoms with Crippen LogP contribution in [0.1, 0.15) is 71.4 Å². The smallest absolute Gasteiger partial charge is 0.249 e. The number of aryl methyl sites for hydroxylation is 1. The normalized spacial score (nSPS) is 19.2. The predicted molar refractivity (Wildman–Crippen MR) is 152 cm³/mol. The number of nitrogens with two attached hydrogens (primary N) is 1. The number of hydrogen-bond donors (Lipinski definition) is 3. The summed E-state index contributed by atoms with van der Waals surface area (Å²) in [5.41, 5.74) is 8.58. The van der Waals surface area contributed by atoms with Crippen LogP contribution in [0.2, 0.25) is 0 Å². The molecular formula is C31H49N3O3. The van der Waals surface area contributed by atoms with Gasteiger partial charge in [0.15, 0.2) is 0 Å². The molecule has 0 heterocycles. The highest BCUT2D eigenvalue weighted by atomic mass is 16.3. The van der Waals surface area contributed by atoms with E-state index < -0.39 is 23.3 Å². The number of aliphatic hydroxyl groups excluding tert-OH is 1. The summed E-state index contributed by atoms with van der Waals surface area (Å²) in [6, 6.07) is 8.15. The van der Waals surface area contributed by atoms with Gasteiger partial charge in [-0.1, -0.05) is 75.2 Å². The molecule has 0 aromatic heterocycles. The highest BCUT2D eigenvalue weighted by Crippen LogP contribution is 2.44. The number of nitrogens with one attached hydrogen (secondary N) is 1. The first-order chi connectivity index (χ1) is 17.5. The van der Waals surface area contributed by atoms with Gasteiger partial charge in [-0.05, 0) is 64.0 Å². The van der Waals surface area contributed by atoms with Crippen molar-refractivity contribution in [3.63, 3.8) is 0 Å². The molecule has 0 fully saturated rings. The average molecular weight is 512 g/mol. The van der Waals surface area contributed by atoms with Crippen LogP contribution in [0.15, 0.2) is 47.6 Å². The lowest BCUT2D eigenvalue weighted by Gasteiger charge is -2.42. The molecule has 4 N–H and O–H groups in total. The Morgan fingerprint density at radius 2 is 1.84 bits per heavy atom. The van der Waals surface area contributed by atoms with Crippen molar-refractivity contribution < 1.29 is 14.7 Å². The van der Waals surface area contributed by atoms with E-state index in [0.29, 0.717) is 37.5 Å².